The van der Waals surface area contributed by atoms with E-state index in [4.69, 9.17) is 5.73 Å². The van der Waals surface area contributed by atoms with Gasteiger partial charge in [-0.25, -0.2) is 0 Å². The number of fused-ring (bicyclic) bond motifs is 1. The average Bonchev–Trinajstić information content (AvgIpc) is 3.15. The summed E-state index contributed by atoms with van der Waals surface area (Å²) in [6.07, 6.45) is 1.36. The zero-order valence-electron chi connectivity index (χ0n) is 13.2. The molecule has 1 fully saturated rings. The normalized spacial score (nSPS) is 22.7. The molecule has 1 aromatic carbocycles. The average molecular weight is 283 g/mol. The van der Waals surface area contributed by atoms with Gasteiger partial charge in [0.15, 0.2) is 0 Å². The fourth-order valence-corrected chi connectivity index (χ4v) is 3.17. The third kappa shape index (κ3) is 3.09. The number of nitrogens with zero attached hydrogens (tertiary/aromatic N) is 2. The maximum absolute atomic E-state index is 6.05. The molecule has 3 atom stereocenters. The lowest BCUT2D eigenvalue weighted by Gasteiger charge is -2.27. The van der Waals surface area contributed by atoms with Crippen LogP contribution in [0.4, 0.5) is 0 Å². The molecule has 3 rings (SSSR count). The van der Waals surface area contributed by atoms with E-state index in [0.717, 1.165) is 29.6 Å². The fourth-order valence-electron chi connectivity index (χ4n) is 3.17. The third-order valence-corrected chi connectivity index (χ3v) is 4.79. The van der Waals surface area contributed by atoms with Crippen molar-refractivity contribution in [1.29, 1.82) is 0 Å². The number of pyridine rings is 1. The Balaban J connectivity index is 1.84. The van der Waals surface area contributed by atoms with Gasteiger partial charge in [-0.3, -0.25) is 9.88 Å². The third-order valence-electron chi connectivity index (χ3n) is 4.79. The number of likely N-dealkylation sites (N-methyl/N-ethyl adjacent to an activating group) is 1. The van der Waals surface area contributed by atoms with Crippen LogP contribution in [0.15, 0.2) is 30.3 Å². The van der Waals surface area contributed by atoms with Crippen molar-refractivity contribution < 1.29 is 0 Å². The molecule has 0 aliphatic heterocycles. The van der Waals surface area contributed by atoms with Crippen molar-refractivity contribution in [3.63, 3.8) is 0 Å². The van der Waals surface area contributed by atoms with Crippen molar-refractivity contribution in [2.45, 2.75) is 26.3 Å². The molecule has 2 aromatic rings. The summed E-state index contributed by atoms with van der Waals surface area (Å²) in [6.45, 7) is 6.16. The minimum absolute atomic E-state index is 0.295. The molecule has 1 aromatic heterocycles. The summed E-state index contributed by atoms with van der Waals surface area (Å²) in [7, 11) is 2.19. The number of hydrogen-bond donors (Lipinski definition) is 1. The van der Waals surface area contributed by atoms with Gasteiger partial charge in [0.25, 0.3) is 0 Å². The lowest BCUT2D eigenvalue weighted by Crippen LogP contribution is -2.32. The maximum Gasteiger partial charge on any atom is 0.0705 e. The molecule has 0 saturated heterocycles. The Morgan fingerprint density at radius 2 is 2.10 bits per heavy atom. The highest BCUT2D eigenvalue weighted by atomic mass is 15.1. The van der Waals surface area contributed by atoms with E-state index in [1.54, 1.807) is 0 Å². The van der Waals surface area contributed by atoms with Gasteiger partial charge in [-0.05, 0) is 56.0 Å². The van der Waals surface area contributed by atoms with Crippen LogP contribution >= 0.6 is 0 Å². The largest absolute Gasteiger partial charge is 0.329 e. The first-order valence-corrected chi connectivity index (χ1v) is 7.86. The lowest BCUT2D eigenvalue weighted by molar-refractivity contribution is 0.237. The Kier molecular flexibility index (Phi) is 3.96. The summed E-state index contributed by atoms with van der Waals surface area (Å²) in [5.41, 5.74) is 9.47. The van der Waals surface area contributed by atoms with Crippen molar-refractivity contribution >= 4 is 10.9 Å². The van der Waals surface area contributed by atoms with Gasteiger partial charge in [-0.15, -0.1) is 0 Å². The highest BCUT2D eigenvalue weighted by molar-refractivity contribution is 5.79. The second-order valence-electron chi connectivity index (χ2n) is 6.57. The zero-order valence-corrected chi connectivity index (χ0v) is 13.2. The van der Waals surface area contributed by atoms with Crippen molar-refractivity contribution in [1.82, 2.24) is 9.88 Å². The monoisotopic (exact) mass is 283 g/mol. The van der Waals surface area contributed by atoms with Crippen LogP contribution in [-0.4, -0.2) is 30.0 Å². The quantitative estimate of drug-likeness (QED) is 0.916. The first-order chi connectivity index (χ1) is 10.1. The molecule has 1 aliphatic rings. The van der Waals surface area contributed by atoms with Crippen LogP contribution in [0, 0.1) is 18.8 Å². The van der Waals surface area contributed by atoms with E-state index < -0.39 is 0 Å². The minimum atomic E-state index is 0.295. The first kappa shape index (κ1) is 14.5. The standard InChI is InChI=1S/C18H25N3/c1-12-8-16(12)11-21(3)18(10-19)15-6-7-17-14(9-15)5-4-13(2)20-17/h4-7,9,12,16,18H,8,10-11,19H2,1-3H3. The Morgan fingerprint density at radius 1 is 1.33 bits per heavy atom. The number of rotatable bonds is 5. The van der Waals surface area contributed by atoms with Gasteiger partial charge >= 0.3 is 0 Å². The highest BCUT2D eigenvalue weighted by Gasteiger charge is 2.34. The van der Waals surface area contributed by atoms with Gasteiger partial charge in [0.1, 0.15) is 0 Å². The second-order valence-corrected chi connectivity index (χ2v) is 6.57. The Bertz CT molecular complexity index is 637. The molecule has 112 valence electrons. The molecular formula is C18H25N3. The topological polar surface area (TPSA) is 42.1 Å². The van der Waals surface area contributed by atoms with Crippen molar-refractivity contribution in [2.24, 2.45) is 17.6 Å². The number of aromatic nitrogens is 1. The Hall–Kier alpha value is -1.45. The predicted octanol–water partition coefficient (Wildman–Crippen LogP) is 3.13. The molecule has 0 amide bonds. The molecule has 21 heavy (non-hydrogen) atoms. The van der Waals surface area contributed by atoms with E-state index in [-0.39, 0.29) is 0 Å². The zero-order chi connectivity index (χ0) is 15.0. The summed E-state index contributed by atoms with van der Waals surface area (Å²) in [6, 6.07) is 11.1. The second kappa shape index (κ2) is 5.74. The lowest BCUT2D eigenvalue weighted by atomic mass is 10.0. The molecule has 1 aliphatic carbocycles. The van der Waals surface area contributed by atoms with E-state index in [2.05, 4.69) is 54.2 Å². The van der Waals surface area contributed by atoms with E-state index in [1.165, 1.54) is 17.4 Å². The van der Waals surface area contributed by atoms with Crippen LogP contribution in [-0.2, 0) is 0 Å². The Labute approximate surface area is 127 Å². The molecule has 1 heterocycles. The summed E-state index contributed by atoms with van der Waals surface area (Å²) < 4.78 is 0. The smallest absolute Gasteiger partial charge is 0.0705 e. The molecule has 3 unspecified atom stereocenters. The fraction of sp³-hybridized carbons (Fsp3) is 0.500. The van der Waals surface area contributed by atoms with E-state index in [9.17, 15) is 0 Å². The van der Waals surface area contributed by atoms with Gasteiger partial charge in [-0.2, -0.15) is 0 Å². The molecule has 3 nitrogen and oxygen atoms in total. The van der Waals surface area contributed by atoms with E-state index >= 15 is 0 Å². The summed E-state index contributed by atoms with van der Waals surface area (Å²) in [5.74, 6) is 1.74. The van der Waals surface area contributed by atoms with Crippen molar-refractivity contribution in [2.75, 3.05) is 20.1 Å². The molecule has 0 bridgehead atoms. The highest BCUT2D eigenvalue weighted by Crippen LogP contribution is 2.39. The number of nitrogens with two attached hydrogens (primary N) is 1. The summed E-state index contributed by atoms with van der Waals surface area (Å²) >= 11 is 0. The molecule has 0 spiro atoms. The van der Waals surface area contributed by atoms with Crippen molar-refractivity contribution in [3.05, 3.63) is 41.6 Å². The van der Waals surface area contributed by atoms with Crippen LogP contribution in [0.2, 0.25) is 0 Å². The van der Waals surface area contributed by atoms with E-state index in [1.807, 2.05) is 6.92 Å². The van der Waals surface area contributed by atoms with Crippen LogP contribution in [0.3, 0.4) is 0 Å². The molecule has 2 N–H and O–H groups in total. The van der Waals surface area contributed by atoms with Gasteiger partial charge in [-0.1, -0.05) is 19.1 Å². The summed E-state index contributed by atoms with van der Waals surface area (Å²) in [5, 5.41) is 1.20. The number of benzene rings is 1. The SMILES string of the molecule is Cc1ccc2cc(C(CN)N(C)CC3CC3C)ccc2n1. The van der Waals surface area contributed by atoms with Crippen LogP contribution < -0.4 is 5.73 Å². The molecular weight excluding hydrogens is 258 g/mol. The van der Waals surface area contributed by atoms with Gasteiger partial charge in [0, 0.05) is 30.2 Å². The predicted molar refractivity (Wildman–Crippen MR) is 88.2 cm³/mol. The van der Waals surface area contributed by atoms with Gasteiger partial charge in [0.2, 0.25) is 0 Å². The van der Waals surface area contributed by atoms with Crippen LogP contribution in [0.25, 0.3) is 10.9 Å². The minimum Gasteiger partial charge on any atom is -0.329 e. The molecule has 3 heteroatoms. The van der Waals surface area contributed by atoms with Gasteiger partial charge < -0.3 is 5.73 Å². The summed E-state index contributed by atoms with van der Waals surface area (Å²) in [4.78, 5) is 6.98. The maximum atomic E-state index is 6.05. The molecule has 1 saturated carbocycles. The number of hydrogen-bond acceptors (Lipinski definition) is 3. The van der Waals surface area contributed by atoms with Crippen molar-refractivity contribution in [3.8, 4) is 0 Å². The van der Waals surface area contributed by atoms with E-state index in [0.29, 0.717) is 12.6 Å². The van der Waals surface area contributed by atoms with Gasteiger partial charge in [0.05, 0.1) is 5.52 Å². The Morgan fingerprint density at radius 3 is 2.76 bits per heavy atom. The first-order valence-electron chi connectivity index (χ1n) is 7.86. The van der Waals surface area contributed by atoms with Crippen LogP contribution in [0.5, 0.6) is 0 Å². The van der Waals surface area contributed by atoms with Crippen LogP contribution in [0.1, 0.15) is 30.6 Å². The number of aryl methyl sites for hydroxylation is 1. The molecule has 0 radical (unpaired) electrons.